The van der Waals surface area contributed by atoms with Crippen molar-refractivity contribution in [2.75, 3.05) is 12.3 Å². The predicted octanol–water partition coefficient (Wildman–Crippen LogP) is 4.73. The van der Waals surface area contributed by atoms with Gasteiger partial charge in [-0.15, -0.1) is 0 Å². The van der Waals surface area contributed by atoms with E-state index in [1.54, 1.807) is 36.4 Å². The van der Waals surface area contributed by atoms with Crippen LogP contribution in [0.1, 0.15) is 27.1 Å². The van der Waals surface area contributed by atoms with Gasteiger partial charge in [0, 0.05) is 41.6 Å². The van der Waals surface area contributed by atoms with Crippen molar-refractivity contribution in [1.82, 2.24) is 9.47 Å². The van der Waals surface area contributed by atoms with Gasteiger partial charge in [-0.25, -0.2) is 0 Å². The molecule has 2 N–H and O–H groups in total. The maximum Gasteiger partial charge on any atom is 0.261 e. The minimum atomic E-state index is -0.235. The van der Waals surface area contributed by atoms with Gasteiger partial charge < -0.3 is 10.3 Å². The van der Waals surface area contributed by atoms with E-state index in [2.05, 4.69) is 0 Å². The Hall–Kier alpha value is -2.76. The number of hydrogen-bond donors (Lipinski definition) is 1. The molecule has 0 spiro atoms. The number of anilines is 1. The second kappa shape index (κ2) is 7.34. The first kappa shape index (κ1) is 18.6. The average molecular weight is 414 g/mol. The molecule has 2 amide bonds. The topological polar surface area (TPSA) is 68.3 Å². The van der Waals surface area contributed by atoms with Gasteiger partial charge >= 0.3 is 0 Å². The van der Waals surface area contributed by atoms with Crippen LogP contribution in [0.25, 0.3) is 11.1 Å². The van der Waals surface area contributed by atoms with Crippen molar-refractivity contribution in [3.8, 4) is 11.1 Å². The molecule has 142 valence electrons. The molecular weight excluding hydrogens is 397 g/mol. The average Bonchev–Trinajstić information content (AvgIpc) is 3.15. The van der Waals surface area contributed by atoms with E-state index in [9.17, 15) is 9.59 Å². The van der Waals surface area contributed by atoms with Crippen molar-refractivity contribution < 1.29 is 9.59 Å². The molecule has 3 aromatic rings. The molecule has 2 aromatic carbocycles. The fraction of sp³-hybridized carbons (Fsp3) is 0.143. The van der Waals surface area contributed by atoms with Crippen LogP contribution < -0.4 is 5.73 Å². The maximum atomic E-state index is 12.4. The van der Waals surface area contributed by atoms with Crippen LogP contribution in [0.5, 0.6) is 0 Å². The molecular formula is C21H17Cl2N3O2. The Morgan fingerprint density at radius 2 is 1.50 bits per heavy atom. The number of amides is 2. The Labute approximate surface area is 172 Å². The van der Waals surface area contributed by atoms with Crippen LogP contribution >= 0.6 is 23.2 Å². The first-order valence-electron chi connectivity index (χ1n) is 8.81. The molecule has 7 heteroatoms. The van der Waals surface area contributed by atoms with Crippen molar-refractivity contribution in [3.63, 3.8) is 0 Å². The number of halogens is 2. The smallest absolute Gasteiger partial charge is 0.261 e. The molecule has 2 heterocycles. The largest absolute Gasteiger partial charge is 0.397 e. The summed E-state index contributed by atoms with van der Waals surface area (Å²) in [6.45, 7) is 0.963. The van der Waals surface area contributed by atoms with Gasteiger partial charge in [-0.3, -0.25) is 14.5 Å². The maximum absolute atomic E-state index is 12.4. The van der Waals surface area contributed by atoms with Gasteiger partial charge in [-0.1, -0.05) is 41.4 Å². The van der Waals surface area contributed by atoms with E-state index in [0.29, 0.717) is 46.4 Å². The summed E-state index contributed by atoms with van der Waals surface area (Å²) in [4.78, 5) is 26.1. The van der Waals surface area contributed by atoms with E-state index in [1.165, 1.54) is 4.90 Å². The minimum absolute atomic E-state index is 0.235. The first-order valence-corrected chi connectivity index (χ1v) is 9.57. The first-order chi connectivity index (χ1) is 13.5. The highest BCUT2D eigenvalue weighted by molar-refractivity contribution is 6.36. The summed E-state index contributed by atoms with van der Waals surface area (Å²) in [5.41, 5.74) is 9.32. The SMILES string of the molecule is Nc1cn(CCCN2C(=O)c3ccccc3C2=O)cc1-c1ccc(Cl)cc1Cl. The Balaban J connectivity index is 1.44. The number of rotatable bonds is 5. The number of aromatic nitrogens is 1. The summed E-state index contributed by atoms with van der Waals surface area (Å²) < 4.78 is 1.94. The molecule has 1 aromatic heterocycles. The normalized spacial score (nSPS) is 13.3. The highest BCUT2D eigenvalue weighted by atomic mass is 35.5. The number of aryl methyl sites for hydroxylation is 1. The van der Waals surface area contributed by atoms with Gasteiger partial charge in [0.1, 0.15) is 0 Å². The van der Waals surface area contributed by atoms with E-state index in [1.807, 2.05) is 23.0 Å². The Morgan fingerprint density at radius 1 is 0.821 bits per heavy atom. The van der Waals surface area contributed by atoms with E-state index in [4.69, 9.17) is 28.9 Å². The second-order valence-electron chi connectivity index (χ2n) is 6.65. The number of benzene rings is 2. The monoisotopic (exact) mass is 413 g/mol. The lowest BCUT2D eigenvalue weighted by Gasteiger charge is -2.13. The molecule has 0 saturated heterocycles. The van der Waals surface area contributed by atoms with Crippen LogP contribution in [0.15, 0.2) is 54.9 Å². The molecule has 0 atom stereocenters. The third-order valence-electron chi connectivity index (χ3n) is 4.81. The molecule has 0 unspecified atom stereocenters. The van der Waals surface area contributed by atoms with Crippen LogP contribution in [-0.2, 0) is 6.54 Å². The highest BCUT2D eigenvalue weighted by Crippen LogP contribution is 2.34. The van der Waals surface area contributed by atoms with Gasteiger partial charge in [0.05, 0.1) is 21.8 Å². The lowest BCUT2D eigenvalue weighted by molar-refractivity contribution is 0.0651. The molecule has 0 aliphatic carbocycles. The van der Waals surface area contributed by atoms with Crippen molar-refractivity contribution >= 4 is 40.7 Å². The van der Waals surface area contributed by atoms with Crippen molar-refractivity contribution in [2.24, 2.45) is 0 Å². The van der Waals surface area contributed by atoms with Gasteiger partial charge in [-0.05, 0) is 30.7 Å². The zero-order valence-electron chi connectivity index (χ0n) is 14.9. The zero-order chi connectivity index (χ0) is 19.8. The number of nitrogens with two attached hydrogens (primary N) is 1. The highest BCUT2D eigenvalue weighted by Gasteiger charge is 2.34. The van der Waals surface area contributed by atoms with E-state index in [-0.39, 0.29) is 11.8 Å². The number of hydrogen-bond acceptors (Lipinski definition) is 3. The molecule has 0 bridgehead atoms. The van der Waals surface area contributed by atoms with E-state index in [0.717, 1.165) is 11.1 Å². The van der Waals surface area contributed by atoms with Crippen LogP contribution in [0.4, 0.5) is 5.69 Å². The molecule has 0 saturated carbocycles. The molecule has 1 aliphatic heterocycles. The van der Waals surface area contributed by atoms with Crippen molar-refractivity contribution in [2.45, 2.75) is 13.0 Å². The van der Waals surface area contributed by atoms with Gasteiger partial charge in [-0.2, -0.15) is 0 Å². The van der Waals surface area contributed by atoms with Crippen LogP contribution in [-0.4, -0.2) is 27.8 Å². The van der Waals surface area contributed by atoms with Crippen molar-refractivity contribution in [3.05, 3.63) is 76.0 Å². The number of carbonyl (C=O) groups is 2. The molecule has 1 aliphatic rings. The zero-order valence-corrected chi connectivity index (χ0v) is 16.4. The van der Waals surface area contributed by atoms with E-state index >= 15 is 0 Å². The summed E-state index contributed by atoms with van der Waals surface area (Å²) in [7, 11) is 0. The van der Waals surface area contributed by atoms with E-state index < -0.39 is 0 Å². The Kier molecular flexibility index (Phi) is 4.87. The number of fused-ring (bicyclic) bond motifs is 1. The number of imide groups is 1. The molecule has 0 fully saturated rings. The van der Waals surface area contributed by atoms with Gasteiger partial charge in [0.2, 0.25) is 0 Å². The number of carbonyl (C=O) groups excluding carboxylic acids is 2. The lowest BCUT2D eigenvalue weighted by atomic mass is 10.1. The quantitative estimate of drug-likeness (QED) is 0.614. The molecule has 5 nitrogen and oxygen atoms in total. The summed E-state index contributed by atoms with van der Waals surface area (Å²) in [5, 5.41) is 1.09. The molecule has 28 heavy (non-hydrogen) atoms. The third kappa shape index (κ3) is 3.28. The predicted molar refractivity (Wildman–Crippen MR) is 111 cm³/mol. The second-order valence-corrected chi connectivity index (χ2v) is 7.49. The third-order valence-corrected chi connectivity index (χ3v) is 5.36. The summed E-state index contributed by atoms with van der Waals surface area (Å²) in [6.07, 6.45) is 4.35. The van der Waals surface area contributed by atoms with Gasteiger partial charge in [0.25, 0.3) is 11.8 Å². The fourth-order valence-electron chi connectivity index (χ4n) is 3.44. The van der Waals surface area contributed by atoms with Crippen LogP contribution in [0, 0.1) is 0 Å². The van der Waals surface area contributed by atoms with Crippen LogP contribution in [0.2, 0.25) is 10.0 Å². The Bertz CT molecular complexity index is 1060. The number of nitrogens with zero attached hydrogens (tertiary/aromatic N) is 2. The summed E-state index contributed by atoms with van der Waals surface area (Å²) in [5.74, 6) is -0.470. The minimum Gasteiger partial charge on any atom is -0.397 e. The van der Waals surface area contributed by atoms with Gasteiger partial charge in [0.15, 0.2) is 0 Å². The molecule has 0 radical (unpaired) electrons. The van der Waals surface area contributed by atoms with Crippen molar-refractivity contribution in [1.29, 1.82) is 0 Å². The summed E-state index contributed by atoms with van der Waals surface area (Å²) >= 11 is 12.2. The number of nitrogen functional groups attached to an aromatic ring is 1. The van der Waals surface area contributed by atoms with Crippen LogP contribution in [0.3, 0.4) is 0 Å². The Morgan fingerprint density at radius 3 is 2.14 bits per heavy atom. The standard InChI is InChI=1S/C21H17Cl2N3O2/c22-13-6-7-14(18(23)10-13)17-11-25(12-19(17)24)8-3-9-26-20(27)15-4-1-2-5-16(15)21(26)28/h1-2,4-7,10-12H,3,8-9,24H2. The fourth-order valence-corrected chi connectivity index (χ4v) is 3.95. The molecule has 4 rings (SSSR count). The lowest BCUT2D eigenvalue weighted by Crippen LogP contribution is -2.31. The summed E-state index contributed by atoms with van der Waals surface area (Å²) in [6, 6.07) is 12.2.